The van der Waals surface area contributed by atoms with Gasteiger partial charge in [0.15, 0.2) is 5.82 Å². The van der Waals surface area contributed by atoms with Crippen LogP contribution in [0.4, 0.5) is 0 Å². The Morgan fingerprint density at radius 2 is 2.00 bits per heavy atom. The Hall–Kier alpha value is -2.25. The molecule has 4 rings (SSSR count). The first kappa shape index (κ1) is 16.2. The normalized spacial score (nSPS) is 20.6. The van der Waals surface area contributed by atoms with Crippen LogP contribution in [0.2, 0.25) is 0 Å². The van der Waals surface area contributed by atoms with E-state index in [1.807, 2.05) is 24.3 Å². The molecule has 1 amide bonds. The Morgan fingerprint density at radius 3 is 2.72 bits per heavy atom. The minimum absolute atomic E-state index is 0.0869. The predicted octanol–water partition coefficient (Wildman–Crippen LogP) is 1.40. The van der Waals surface area contributed by atoms with Crippen LogP contribution < -0.4 is 11.1 Å². The van der Waals surface area contributed by atoms with Gasteiger partial charge in [0, 0.05) is 25.2 Å². The van der Waals surface area contributed by atoms with Crippen LogP contribution in [-0.2, 0) is 16.9 Å². The fourth-order valence-electron chi connectivity index (χ4n) is 3.61. The molecule has 0 unspecified atom stereocenters. The van der Waals surface area contributed by atoms with Crippen LogP contribution in [0.5, 0.6) is 0 Å². The summed E-state index contributed by atoms with van der Waals surface area (Å²) < 4.78 is 5.43. The molecule has 2 fully saturated rings. The molecule has 0 radical (unpaired) electrons. The van der Waals surface area contributed by atoms with Gasteiger partial charge in [-0.1, -0.05) is 30.1 Å². The fourth-order valence-corrected chi connectivity index (χ4v) is 3.61. The van der Waals surface area contributed by atoms with Gasteiger partial charge in [-0.25, -0.2) is 0 Å². The van der Waals surface area contributed by atoms with E-state index in [1.165, 1.54) is 0 Å². The molecule has 0 atom stereocenters. The largest absolute Gasteiger partial charge is 0.354 e. The number of nitrogens with two attached hydrogens (primary N) is 1. The molecule has 132 valence electrons. The van der Waals surface area contributed by atoms with Crippen molar-refractivity contribution >= 4 is 5.91 Å². The van der Waals surface area contributed by atoms with Crippen molar-refractivity contribution in [3.8, 4) is 11.5 Å². The summed E-state index contributed by atoms with van der Waals surface area (Å²) in [6.45, 7) is 2.80. The van der Waals surface area contributed by atoms with E-state index in [9.17, 15) is 4.79 Å². The number of benzene rings is 1. The molecule has 1 saturated carbocycles. The Balaban J connectivity index is 1.45. The van der Waals surface area contributed by atoms with E-state index in [-0.39, 0.29) is 5.91 Å². The highest BCUT2D eigenvalue weighted by Crippen LogP contribution is 2.35. The number of aromatic nitrogens is 2. The first-order chi connectivity index (χ1) is 12.1. The molecule has 25 heavy (non-hydrogen) atoms. The smallest absolute Gasteiger partial charge is 0.257 e. The van der Waals surface area contributed by atoms with Crippen molar-refractivity contribution in [3.05, 3.63) is 35.7 Å². The van der Waals surface area contributed by atoms with E-state index >= 15 is 0 Å². The zero-order chi connectivity index (χ0) is 17.3. The van der Waals surface area contributed by atoms with Crippen molar-refractivity contribution in [1.29, 1.82) is 0 Å². The van der Waals surface area contributed by atoms with Crippen LogP contribution in [0.1, 0.15) is 37.1 Å². The molecule has 2 aliphatic rings. The SMILES string of the molecule is NC1(c2noc(-c3ccc(CN4CCNC(=O)C4)cc3)n2)CCCC1. The third-order valence-electron chi connectivity index (χ3n) is 5.09. The molecule has 2 aromatic rings. The Kier molecular flexibility index (Phi) is 4.27. The van der Waals surface area contributed by atoms with E-state index in [1.54, 1.807) is 0 Å². The van der Waals surface area contributed by atoms with Crippen LogP contribution in [0.25, 0.3) is 11.5 Å². The predicted molar refractivity (Wildman–Crippen MR) is 92.4 cm³/mol. The lowest BCUT2D eigenvalue weighted by molar-refractivity contribution is -0.124. The lowest BCUT2D eigenvalue weighted by atomic mass is 9.98. The second-order valence-electron chi connectivity index (χ2n) is 7.04. The Bertz CT molecular complexity index is 749. The number of carbonyl (C=O) groups excluding carboxylic acids is 1. The number of nitrogens with zero attached hydrogens (tertiary/aromatic N) is 3. The molecule has 1 aromatic heterocycles. The molecule has 0 spiro atoms. The summed E-state index contributed by atoms with van der Waals surface area (Å²) in [5.41, 5.74) is 8.00. The highest BCUT2D eigenvalue weighted by atomic mass is 16.5. The van der Waals surface area contributed by atoms with Gasteiger partial charge in [0.25, 0.3) is 5.89 Å². The van der Waals surface area contributed by atoms with Gasteiger partial charge in [0.05, 0.1) is 12.1 Å². The number of nitrogens with one attached hydrogen (secondary N) is 1. The fraction of sp³-hybridized carbons (Fsp3) is 0.500. The standard InChI is InChI=1S/C18H23N5O2/c19-18(7-1-2-8-18)17-21-16(25-22-17)14-5-3-13(4-6-14)11-23-10-9-20-15(24)12-23/h3-6H,1-2,7-12,19H2,(H,20,24). The molecule has 1 aliphatic carbocycles. The third kappa shape index (κ3) is 3.43. The molecule has 0 bridgehead atoms. The summed E-state index contributed by atoms with van der Waals surface area (Å²) in [5, 5.41) is 6.95. The van der Waals surface area contributed by atoms with Crippen molar-refractivity contribution in [2.75, 3.05) is 19.6 Å². The first-order valence-corrected chi connectivity index (χ1v) is 8.84. The molecule has 7 heteroatoms. The second kappa shape index (κ2) is 6.57. The van der Waals surface area contributed by atoms with Crippen LogP contribution in [0.3, 0.4) is 0 Å². The minimum atomic E-state index is -0.434. The van der Waals surface area contributed by atoms with Crippen LogP contribution >= 0.6 is 0 Å². The van der Waals surface area contributed by atoms with Crippen LogP contribution in [0.15, 0.2) is 28.8 Å². The second-order valence-corrected chi connectivity index (χ2v) is 7.04. The highest BCUT2D eigenvalue weighted by Gasteiger charge is 2.36. The molecular weight excluding hydrogens is 318 g/mol. The van der Waals surface area contributed by atoms with Crippen LogP contribution in [0, 0.1) is 0 Å². The van der Waals surface area contributed by atoms with Crippen molar-refractivity contribution < 1.29 is 9.32 Å². The maximum atomic E-state index is 11.4. The average Bonchev–Trinajstić information content (AvgIpc) is 3.26. The maximum absolute atomic E-state index is 11.4. The molecule has 3 N–H and O–H groups in total. The van der Waals surface area contributed by atoms with E-state index in [2.05, 4.69) is 20.4 Å². The van der Waals surface area contributed by atoms with Gasteiger partial charge in [-0.05, 0) is 30.5 Å². The molecule has 1 saturated heterocycles. The van der Waals surface area contributed by atoms with E-state index in [4.69, 9.17) is 10.3 Å². The van der Waals surface area contributed by atoms with Crippen molar-refractivity contribution in [2.45, 2.75) is 37.8 Å². The maximum Gasteiger partial charge on any atom is 0.257 e. The topological polar surface area (TPSA) is 97.3 Å². The van der Waals surface area contributed by atoms with Crippen molar-refractivity contribution in [1.82, 2.24) is 20.4 Å². The lowest BCUT2D eigenvalue weighted by Crippen LogP contribution is -2.47. The quantitative estimate of drug-likeness (QED) is 0.872. The van der Waals surface area contributed by atoms with Crippen molar-refractivity contribution in [2.24, 2.45) is 5.73 Å². The third-order valence-corrected chi connectivity index (χ3v) is 5.09. The molecule has 1 aromatic carbocycles. The molecule has 1 aliphatic heterocycles. The summed E-state index contributed by atoms with van der Waals surface area (Å²) in [7, 11) is 0. The molecule has 2 heterocycles. The minimum Gasteiger partial charge on any atom is -0.354 e. The van der Waals surface area contributed by atoms with E-state index in [0.29, 0.717) is 24.8 Å². The summed E-state index contributed by atoms with van der Waals surface area (Å²) in [5.74, 6) is 1.21. The highest BCUT2D eigenvalue weighted by molar-refractivity contribution is 5.78. The van der Waals surface area contributed by atoms with Crippen LogP contribution in [-0.4, -0.2) is 40.6 Å². The van der Waals surface area contributed by atoms with Gasteiger partial charge < -0.3 is 15.6 Å². The van der Waals surface area contributed by atoms with Gasteiger partial charge in [0.1, 0.15) is 0 Å². The molecule has 7 nitrogen and oxygen atoms in total. The zero-order valence-corrected chi connectivity index (χ0v) is 14.2. The monoisotopic (exact) mass is 341 g/mol. The Morgan fingerprint density at radius 1 is 1.24 bits per heavy atom. The first-order valence-electron chi connectivity index (χ1n) is 8.84. The number of piperazine rings is 1. The van der Waals surface area contributed by atoms with Crippen molar-refractivity contribution in [3.63, 3.8) is 0 Å². The number of amides is 1. The van der Waals surface area contributed by atoms with Gasteiger partial charge in [-0.2, -0.15) is 4.98 Å². The Labute approximate surface area is 146 Å². The van der Waals surface area contributed by atoms with Gasteiger partial charge in [-0.15, -0.1) is 0 Å². The summed E-state index contributed by atoms with van der Waals surface area (Å²) in [4.78, 5) is 18.1. The summed E-state index contributed by atoms with van der Waals surface area (Å²) in [6, 6.07) is 8.04. The number of hydrogen-bond acceptors (Lipinski definition) is 6. The number of hydrogen-bond donors (Lipinski definition) is 2. The van der Waals surface area contributed by atoms with Gasteiger partial charge in [0.2, 0.25) is 5.91 Å². The van der Waals surface area contributed by atoms with Gasteiger partial charge in [-0.3, -0.25) is 9.69 Å². The summed E-state index contributed by atoms with van der Waals surface area (Å²) >= 11 is 0. The zero-order valence-electron chi connectivity index (χ0n) is 14.2. The molecular formula is C18H23N5O2. The number of rotatable bonds is 4. The average molecular weight is 341 g/mol. The van der Waals surface area contributed by atoms with E-state index < -0.39 is 5.54 Å². The summed E-state index contributed by atoms with van der Waals surface area (Å²) in [6.07, 6.45) is 4.05. The lowest BCUT2D eigenvalue weighted by Gasteiger charge is -2.26. The van der Waals surface area contributed by atoms with E-state index in [0.717, 1.165) is 49.9 Å². The number of carbonyl (C=O) groups is 1. The van der Waals surface area contributed by atoms with Gasteiger partial charge >= 0.3 is 0 Å².